The molecule has 4 amide bonds. The van der Waals surface area contributed by atoms with Crippen LogP contribution in [0.25, 0.3) is 6.08 Å². The third-order valence-electron chi connectivity index (χ3n) is 4.31. The third-order valence-corrected chi connectivity index (χ3v) is 4.71. The number of halogens is 1. The van der Waals surface area contributed by atoms with E-state index in [-0.39, 0.29) is 23.6 Å². The molecule has 0 radical (unpaired) electrons. The first-order valence-corrected chi connectivity index (χ1v) is 9.16. The average molecular weight is 429 g/mol. The minimum atomic E-state index is -0.878. The zero-order chi connectivity index (χ0) is 21.8. The molecule has 1 saturated heterocycles. The number of rotatable bonds is 5. The average Bonchev–Trinajstić information content (AvgIpc) is 2.72. The molecule has 0 aliphatic carbocycles. The maximum atomic E-state index is 13.0. The molecule has 30 heavy (non-hydrogen) atoms. The number of carbonyl (C=O) groups excluding carboxylic acids is 4. The first-order valence-electron chi connectivity index (χ1n) is 8.78. The van der Waals surface area contributed by atoms with Gasteiger partial charge in [0.1, 0.15) is 11.3 Å². The van der Waals surface area contributed by atoms with Gasteiger partial charge in [-0.05, 0) is 36.8 Å². The minimum absolute atomic E-state index is 0.224. The molecule has 1 aliphatic rings. The van der Waals surface area contributed by atoms with Crippen molar-refractivity contribution >= 4 is 47.2 Å². The lowest BCUT2D eigenvalue weighted by Gasteiger charge is -2.26. The molecule has 1 N–H and O–H groups in total. The van der Waals surface area contributed by atoms with Crippen molar-refractivity contribution < 1.29 is 28.7 Å². The Morgan fingerprint density at radius 2 is 1.90 bits per heavy atom. The number of para-hydroxylation sites is 1. The van der Waals surface area contributed by atoms with Gasteiger partial charge in [0.2, 0.25) is 0 Å². The van der Waals surface area contributed by atoms with Gasteiger partial charge in [-0.25, -0.2) is 14.5 Å². The first kappa shape index (κ1) is 21.1. The maximum absolute atomic E-state index is 13.0. The molecule has 8 nitrogen and oxygen atoms in total. The molecule has 9 heteroatoms. The number of hydrogen-bond acceptors (Lipinski definition) is 6. The molecule has 2 aromatic rings. The van der Waals surface area contributed by atoms with Crippen LogP contribution in [0.1, 0.15) is 11.1 Å². The van der Waals surface area contributed by atoms with Crippen LogP contribution in [0.2, 0.25) is 5.02 Å². The Kier molecular flexibility index (Phi) is 6.17. The standard InChI is InChI=1S/C21H17ClN2O6/c1-12-7-8-14(10-16(12)22)24-20(27)15(19(26)23-21(24)28)9-13-5-3-4-6-17(13)30-11-18(25)29-2/h3-10H,11H2,1-2H3,(H,23,26,28)/b15-9-. The summed E-state index contributed by atoms with van der Waals surface area (Å²) in [7, 11) is 1.23. The SMILES string of the molecule is COC(=O)COc1ccccc1/C=C1/C(=O)NC(=O)N(c2ccc(C)c(Cl)c2)C1=O. The smallest absolute Gasteiger partial charge is 0.343 e. The number of benzene rings is 2. The molecular weight excluding hydrogens is 412 g/mol. The highest BCUT2D eigenvalue weighted by molar-refractivity contribution is 6.39. The number of aryl methyl sites for hydroxylation is 1. The highest BCUT2D eigenvalue weighted by atomic mass is 35.5. The predicted octanol–water partition coefficient (Wildman–Crippen LogP) is 2.87. The normalized spacial score (nSPS) is 15.2. The van der Waals surface area contributed by atoms with Crippen molar-refractivity contribution in [2.24, 2.45) is 0 Å². The van der Waals surface area contributed by atoms with Crippen LogP contribution in [0.5, 0.6) is 5.75 Å². The van der Waals surface area contributed by atoms with Gasteiger partial charge in [-0.2, -0.15) is 0 Å². The summed E-state index contributed by atoms with van der Waals surface area (Å²) < 4.78 is 9.94. The Morgan fingerprint density at radius 1 is 1.17 bits per heavy atom. The molecule has 2 aromatic carbocycles. The van der Waals surface area contributed by atoms with E-state index in [1.807, 2.05) is 0 Å². The van der Waals surface area contributed by atoms with E-state index in [0.29, 0.717) is 10.6 Å². The van der Waals surface area contributed by atoms with Gasteiger partial charge >= 0.3 is 12.0 Å². The van der Waals surface area contributed by atoms with Crippen LogP contribution in [0.4, 0.5) is 10.5 Å². The Bertz CT molecular complexity index is 1080. The maximum Gasteiger partial charge on any atom is 0.343 e. The van der Waals surface area contributed by atoms with Gasteiger partial charge in [0.05, 0.1) is 12.8 Å². The van der Waals surface area contributed by atoms with Gasteiger partial charge in [0.15, 0.2) is 6.61 Å². The second kappa shape index (κ2) is 8.79. The molecule has 0 atom stereocenters. The highest BCUT2D eigenvalue weighted by Crippen LogP contribution is 2.28. The zero-order valence-corrected chi connectivity index (χ0v) is 16.9. The Labute approximate surface area is 177 Å². The minimum Gasteiger partial charge on any atom is -0.481 e. The Hall–Kier alpha value is -3.65. The number of urea groups is 1. The summed E-state index contributed by atoms with van der Waals surface area (Å²) in [5.74, 6) is -1.98. The van der Waals surface area contributed by atoms with Crippen LogP contribution < -0.4 is 15.0 Å². The molecule has 0 saturated carbocycles. The lowest BCUT2D eigenvalue weighted by Crippen LogP contribution is -2.54. The Morgan fingerprint density at radius 3 is 2.60 bits per heavy atom. The summed E-state index contributed by atoms with van der Waals surface area (Å²) in [6.45, 7) is 1.44. The zero-order valence-electron chi connectivity index (χ0n) is 16.1. The summed E-state index contributed by atoms with van der Waals surface area (Å²) >= 11 is 6.11. The topological polar surface area (TPSA) is 102 Å². The van der Waals surface area contributed by atoms with Crippen LogP contribution in [0, 0.1) is 6.92 Å². The van der Waals surface area contributed by atoms with E-state index in [0.717, 1.165) is 10.5 Å². The van der Waals surface area contributed by atoms with E-state index in [1.54, 1.807) is 43.3 Å². The van der Waals surface area contributed by atoms with Gasteiger partial charge in [-0.15, -0.1) is 0 Å². The van der Waals surface area contributed by atoms with E-state index >= 15 is 0 Å². The molecule has 0 unspecified atom stereocenters. The summed E-state index contributed by atoms with van der Waals surface area (Å²) in [6, 6.07) is 10.3. The number of anilines is 1. The van der Waals surface area contributed by atoms with Crippen molar-refractivity contribution in [3.05, 3.63) is 64.2 Å². The van der Waals surface area contributed by atoms with Crippen molar-refractivity contribution in [1.29, 1.82) is 0 Å². The van der Waals surface area contributed by atoms with Gasteiger partial charge in [0, 0.05) is 10.6 Å². The van der Waals surface area contributed by atoms with Crippen LogP contribution in [0.3, 0.4) is 0 Å². The highest BCUT2D eigenvalue weighted by Gasteiger charge is 2.37. The largest absolute Gasteiger partial charge is 0.481 e. The van der Waals surface area contributed by atoms with E-state index < -0.39 is 23.8 Å². The molecule has 3 rings (SSSR count). The molecule has 1 heterocycles. The van der Waals surface area contributed by atoms with Gasteiger partial charge < -0.3 is 9.47 Å². The molecule has 154 valence electrons. The van der Waals surface area contributed by atoms with Gasteiger partial charge in [0.25, 0.3) is 11.8 Å². The van der Waals surface area contributed by atoms with Crippen molar-refractivity contribution in [2.45, 2.75) is 6.92 Å². The first-order chi connectivity index (χ1) is 14.3. The van der Waals surface area contributed by atoms with Crippen LogP contribution in [-0.4, -0.2) is 37.5 Å². The second-order valence-electron chi connectivity index (χ2n) is 6.29. The molecule has 0 aromatic heterocycles. The van der Waals surface area contributed by atoms with Gasteiger partial charge in [-0.1, -0.05) is 35.9 Å². The number of imide groups is 2. The fourth-order valence-corrected chi connectivity index (χ4v) is 2.87. The van der Waals surface area contributed by atoms with Crippen molar-refractivity contribution in [2.75, 3.05) is 18.6 Å². The van der Waals surface area contributed by atoms with Crippen LogP contribution in [-0.2, 0) is 19.1 Å². The number of ether oxygens (including phenoxy) is 2. The number of barbiturate groups is 1. The lowest BCUT2D eigenvalue weighted by atomic mass is 10.1. The fourth-order valence-electron chi connectivity index (χ4n) is 2.70. The summed E-state index contributed by atoms with van der Waals surface area (Å²) in [4.78, 5) is 49.8. The number of nitrogens with zero attached hydrogens (tertiary/aromatic N) is 1. The second-order valence-corrected chi connectivity index (χ2v) is 6.70. The number of amides is 4. The molecule has 0 spiro atoms. The molecule has 1 fully saturated rings. The van der Waals surface area contributed by atoms with Gasteiger partial charge in [-0.3, -0.25) is 14.9 Å². The fraction of sp³-hybridized carbons (Fsp3) is 0.143. The summed E-state index contributed by atoms with van der Waals surface area (Å²) in [5, 5.41) is 2.51. The summed E-state index contributed by atoms with van der Waals surface area (Å²) in [6.07, 6.45) is 1.29. The Balaban J connectivity index is 1.97. The lowest BCUT2D eigenvalue weighted by molar-refractivity contribution is -0.143. The number of esters is 1. The van der Waals surface area contributed by atoms with Crippen molar-refractivity contribution in [3.8, 4) is 5.75 Å². The van der Waals surface area contributed by atoms with Crippen molar-refractivity contribution in [1.82, 2.24) is 5.32 Å². The molecular formula is C21H17ClN2O6. The third kappa shape index (κ3) is 4.33. The van der Waals surface area contributed by atoms with Crippen LogP contribution >= 0.6 is 11.6 Å². The molecule has 1 aliphatic heterocycles. The monoisotopic (exact) mass is 428 g/mol. The van der Waals surface area contributed by atoms with E-state index in [9.17, 15) is 19.2 Å². The van der Waals surface area contributed by atoms with E-state index in [4.69, 9.17) is 16.3 Å². The van der Waals surface area contributed by atoms with E-state index in [2.05, 4.69) is 10.1 Å². The number of carbonyl (C=O) groups is 4. The number of hydrogen-bond donors (Lipinski definition) is 1. The van der Waals surface area contributed by atoms with Crippen molar-refractivity contribution in [3.63, 3.8) is 0 Å². The summed E-state index contributed by atoms with van der Waals surface area (Å²) in [5.41, 5.74) is 1.09. The van der Waals surface area contributed by atoms with E-state index in [1.165, 1.54) is 19.3 Å². The quantitative estimate of drug-likeness (QED) is 0.446. The van der Waals surface area contributed by atoms with Crippen LogP contribution in [0.15, 0.2) is 48.0 Å². The molecule has 0 bridgehead atoms. The number of nitrogens with one attached hydrogen (secondary N) is 1. The number of methoxy groups -OCH3 is 1. The predicted molar refractivity (Wildman–Crippen MR) is 109 cm³/mol.